The summed E-state index contributed by atoms with van der Waals surface area (Å²) in [6.07, 6.45) is 0.156. The van der Waals surface area contributed by atoms with Gasteiger partial charge in [-0.3, -0.25) is 4.79 Å². The van der Waals surface area contributed by atoms with Crippen molar-refractivity contribution in [2.45, 2.75) is 24.0 Å². The van der Waals surface area contributed by atoms with Gasteiger partial charge in [-0.1, -0.05) is 30.3 Å². The van der Waals surface area contributed by atoms with E-state index in [9.17, 15) is 53.1 Å². The molecule has 0 saturated carbocycles. The van der Waals surface area contributed by atoms with Crippen LogP contribution in [0.1, 0.15) is 21.5 Å². The van der Waals surface area contributed by atoms with Gasteiger partial charge in [-0.15, -0.1) is 3.71 Å². The molecule has 0 atom stereocenters. The zero-order valence-electron chi connectivity index (χ0n) is 16.6. The Morgan fingerprint density at radius 2 is 1.44 bits per heavy atom. The summed E-state index contributed by atoms with van der Waals surface area (Å²) in [4.78, 5) is 13.7. The first-order chi connectivity index (χ1) is 15.5. The smallest absolute Gasteiger partial charge is 0.507 e. The molecule has 3 rings (SSSR count). The number of fused-ring (bicyclic) bond motifs is 1. The number of sulfonamides is 2. The van der Waals surface area contributed by atoms with Crippen LogP contribution in [0, 0.1) is 0 Å². The number of phenolic OH excluding ortho intramolecular Hbond substituents is 1. The molecule has 16 heteroatoms. The second-order valence-electron chi connectivity index (χ2n) is 7.02. The van der Waals surface area contributed by atoms with Crippen molar-refractivity contribution in [3.63, 3.8) is 0 Å². The van der Waals surface area contributed by atoms with Crippen molar-refractivity contribution in [1.29, 1.82) is 0 Å². The van der Waals surface area contributed by atoms with E-state index < -0.39 is 64.2 Å². The van der Waals surface area contributed by atoms with Crippen molar-refractivity contribution in [2.24, 2.45) is 0 Å². The van der Waals surface area contributed by atoms with Crippen LogP contribution in [0.3, 0.4) is 0 Å². The summed E-state index contributed by atoms with van der Waals surface area (Å²) in [6.45, 7) is -0.846. The lowest BCUT2D eigenvalue weighted by atomic mass is 9.97. The quantitative estimate of drug-likeness (QED) is 0.593. The Kier molecular flexibility index (Phi) is 6.28. The maximum Gasteiger partial charge on any atom is 0.517 e. The number of carbonyl (C=O) groups is 1. The van der Waals surface area contributed by atoms with E-state index in [1.54, 1.807) is 0 Å². The van der Waals surface area contributed by atoms with Gasteiger partial charge in [0.25, 0.3) is 5.91 Å². The molecule has 186 valence electrons. The number of amides is 1. The lowest BCUT2D eigenvalue weighted by molar-refractivity contribution is -0.0462. The molecule has 0 saturated heterocycles. The predicted molar refractivity (Wildman–Crippen MR) is 105 cm³/mol. The van der Waals surface area contributed by atoms with E-state index in [0.29, 0.717) is 11.6 Å². The van der Waals surface area contributed by atoms with Gasteiger partial charge in [-0.25, -0.2) is 0 Å². The molecule has 34 heavy (non-hydrogen) atoms. The lowest BCUT2D eigenvalue weighted by Gasteiger charge is -2.31. The summed E-state index contributed by atoms with van der Waals surface area (Å²) in [5.74, 6) is -1.25. The zero-order chi connectivity index (χ0) is 25.7. The first-order valence-electron chi connectivity index (χ1n) is 9.11. The highest BCUT2D eigenvalue weighted by Crippen LogP contribution is 2.40. The first kappa shape index (κ1) is 25.6. The predicted octanol–water partition coefficient (Wildman–Crippen LogP) is 3.10. The van der Waals surface area contributed by atoms with E-state index in [1.165, 1.54) is 18.2 Å². The molecular weight excluding hydrogens is 518 g/mol. The van der Waals surface area contributed by atoms with Gasteiger partial charge in [0.05, 0.1) is 11.3 Å². The van der Waals surface area contributed by atoms with E-state index in [2.05, 4.69) is 0 Å². The third-order valence-corrected chi connectivity index (χ3v) is 8.47. The minimum Gasteiger partial charge on any atom is -0.507 e. The topological polar surface area (TPSA) is 112 Å². The molecule has 2 aromatic carbocycles. The lowest BCUT2D eigenvalue weighted by Crippen LogP contribution is -2.50. The molecule has 0 unspecified atom stereocenters. The minimum atomic E-state index is -7.08. The summed E-state index contributed by atoms with van der Waals surface area (Å²) in [5.41, 5.74) is -14.6. The average molecular weight is 532 g/mol. The summed E-state index contributed by atoms with van der Waals surface area (Å²) < 4.78 is 125. The number of para-hydroxylation sites is 1. The van der Waals surface area contributed by atoms with Crippen LogP contribution in [0.15, 0.2) is 42.5 Å². The highest BCUT2D eigenvalue weighted by Gasteiger charge is 2.62. The SMILES string of the molecule is O=C1c2c(O)cccc2CCN1Cc1ccccc1N(S(=O)(=O)C(F)(F)F)S(=O)(=O)C(F)(F)F. The Labute approximate surface area is 189 Å². The maximum atomic E-state index is 13.2. The van der Waals surface area contributed by atoms with Gasteiger partial charge in [-0.05, 0) is 29.7 Å². The van der Waals surface area contributed by atoms with Gasteiger partial charge < -0.3 is 10.0 Å². The molecule has 1 amide bonds. The number of hydrogen-bond donors (Lipinski definition) is 1. The van der Waals surface area contributed by atoms with Crippen LogP contribution in [0.5, 0.6) is 5.75 Å². The standard InChI is InChI=1S/C18H14F6N2O6S2/c19-17(20,21)33(29,30)26(34(31,32)18(22,23)24)13-6-2-1-4-12(13)10-25-9-8-11-5-3-7-14(27)15(11)16(25)28/h1-7,27H,8-10H2. The summed E-state index contributed by atoms with van der Waals surface area (Å²) >= 11 is 0. The fourth-order valence-corrected chi connectivity index (χ4v) is 6.10. The van der Waals surface area contributed by atoms with Gasteiger partial charge in [0.1, 0.15) is 5.75 Å². The molecule has 0 aliphatic carbocycles. The first-order valence-corrected chi connectivity index (χ1v) is 12.0. The second kappa shape index (κ2) is 8.33. The summed E-state index contributed by atoms with van der Waals surface area (Å²) in [6, 6.07) is 7.47. The van der Waals surface area contributed by atoms with Crippen LogP contribution in [0.25, 0.3) is 0 Å². The van der Waals surface area contributed by atoms with E-state index in [-0.39, 0.29) is 18.5 Å². The molecule has 1 aliphatic heterocycles. The molecule has 0 fully saturated rings. The molecule has 0 spiro atoms. The normalized spacial score (nSPS) is 15.2. The number of hydrogen-bond acceptors (Lipinski definition) is 6. The van der Waals surface area contributed by atoms with E-state index in [0.717, 1.165) is 23.1 Å². The Bertz CT molecular complexity index is 1300. The third kappa shape index (κ3) is 4.26. The zero-order valence-corrected chi connectivity index (χ0v) is 18.3. The number of anilines is 1. The molecular formula is C18H14F6N2O6S2. The molecule has 0 aromatic heterocycles. The van der Waals surface area contributed by atoms with E-state index >= 15 is 0 Å². The minimum absolute atomic E-state index is 0.0956. The monoisotopic (exact) mass is 532 g/mol. The maximum absolute atomic E-state index is 13.2. The third-order valence-electron chi connectivity index (χ3n) is 4.85. The number of rotatable bonds is 5. The Morgan fingerprint density at radius 1 is 0.882 bits per heavy atom. The van der Waals surface area contributed by atoms with Crippen molar-refractivity contribution < 1.29 is 53.1 Å². The van der Waals surface area contributed by atoms with E-state index in [4.69, 9.17) is 0 Å². The highest BCUT2D eigenvalue weighted by molar-refractivity contribution is 8.11. The summed E-state index contributed by atoms with van der Waals surface area (Å²) in [7, 11) is -14.2. The molecule has 0 radical (unpaired) electrons. The number of benzene rings is 2. The van der Waals surface area contributed by atoms with Crippen LogP contribution in [-0.2, 0) is 33.0 Å². The number of carbonyl (C=O) groups excluding carboxylic acids is 1. The van der Waals surface area contributed by atoms with Crippen LogP contribution < -0.4 is 3.71 Å². The number of nitrogens with zero attached hydrogens (tertiary/aromatic N) is 2. The van der Waals surface area contributed by atoms with Gasteiger partial charge in [0, 0.05) is 13.1 Å². The Morgan fingerprint density at radius 3 is 2.00 bits per heavy atom. The van der Waals surface area contributed by atoms with Crippen LogP contribution in [0.4, 0.5) is 32.0 Å². The average Bonchev–Trinajstić information content (AvgIpc) is 2.69. The van der Waals surface area contributed by atoms with Gasteiger partial charge >= 0.3 is 31.1 Å². The van der Waals surface area contributed by atoms with Gasteiger partial charge in [0.15, 0.2) is 0 Å². The van der Waals surface area contributed by atoms with Crippen LogP contribution in [-0.4, -0.2) is 50.3 Å². The van der Waals surface area contributed by atoms with Crippen molar-refractivity contribution >= 4 is 31.6 Å². The Balaban J connectivity index is 2.15. The molecule has 0 bridgehead atoms. The molecule has 1 heterocycles. The fourth-order valence-electron chi connectivity index (χ4n) is 3.31. The van der Waals surface area contributed by atoms with Gasteiger partial charge in [0.2, 0.25) is 0 Å². The second-order valence-corrected chi connectivity index (χ2v) is 10.8. The molecule has 1 aliphatic rings. The number of phenols is 1. The van der Waals surface area contributed by atoms with E-state index in [1.807, 2.05) is 0 Å². The largest absolute Gasteiger partial charge is 0.517 e. The molecule has 1 N–H and O–H groups in total. The molecule has 2 aromatic rings. The Hall–Kier alpha value is -3.01. The van der Waals surface area contributed by atoms with Crippen molar-refractivity contribution in [3.05, 3.63) is 59.2 Å². The highest BCUT2D eigenvalue weighted by atomic mass is 32.3. The number of alkyl halides is 6. The number of halogens is 6. The van der Waals surface area contributed by atoms with Crippen molar-refractivity contribution in [3.8, 4) is 5.75 Å². The molecule has 8 nitrogen and oxygen atoms in total. The van der Waals surface area contributed by atoms with Crippen molar-refractivity contribution in [1.82, 2.24) is 4.90 Å². The number of aromatic hydroxyl groups is 1. The van der Waals surface area contributed by atoms with Crippen molar-refractivity contribution in [2.75, 3.05) is 10.3 Å². The van der Waals surface area contributed by atoms with Crippen LogP contribution >= 0.6 is 0 Å². The van der Waals surface area contributed by atoms with Gasteiger partial charge in [-0.2, -0.15) is 43.2 Å². The van der Waals surface area contributed by atoms with Crippen LogP contribution in [0.2, 0.25) is 0 Å². The summed E-state index contributed by atoms with van der Waals surface area (Å²) in [5, 5.41) is 9.98. The fraction of sp³-hybridized carbons (Fsp3) is 0.278.